The molecule has 8 nitrogen and oxygen atoms in total. The van der Waals surface area contributed by atoms with Crippen molar-refractivity contribution in [1.82, 2.24) is 9.97 Å². The van der Waals surface area contributed by atoms with Gasteiger partial charge in [0.2, 0.25) is 0 Å². The Morgan fingerprint density at radius 1 is 1.18 bits per heavy atom. The second kappa shape index (κ2) is 8.69. The van der Waals surface area contributed by atoms with Crippen molar-refractivity contribution in [2.24, 2.45) is 0 Å². The molecule has 4 heterocycles. The van der Waals surface area contributed by atoms with Gasteiger partial charge in [0.1, 0.15) is 35.2 Å². The van der Waals surface area contributed by atoms with Gasteiger partial charge in [0.15, 0.2) is 5.82 Å². The Bertz CT molecular complexity index is 844. The van der Waals surface area contributed by atoms with E-state index in [0.717, 1.165) is 73.4 Å². The summed E-state index contributed by atoms with van der Waals surface area (Å²) >= 11 is 1.41. The van der Waals surface area contributed by atoms with Gasteiger partial charge in [-0.25, -0.2) is 14.8 Å². The summed E-state index contributed by atoms with van der Waals surface area (Å²) in [6, 6.07) is 0. The molecule has 2 aliphatic heterocycles. The Kier molecular flexibility index (Phi) is 6.05. The number of aryl methyl sites for hydroxylation is 1. The summed E-state index contributed by atoms with van der Waals surface area (Å²) in [6.45, 7) is 11.3. The summed E-state index contributed by atoms with van der Waals surface area (Å²) in [5, 5.41) is 0.968. The maximum absolute atomic E-state index is 12.4. The highest BCUT2D eigenvalue weighted by Crippen LogP contribution is 2.36. The van der Waals surface area contributed by atoms with Gasteiger partial charge in [-0.15, -0.1) is 11.3 Å². The molecule has 0 atom stereocenters. The van der Waals surface area contributed by atoms with E-state index < -0.39 is 0 Å². The van der Waals surface area contributed by atoms with Crippen LogP contribution in [0.3, 0.4) is 0 Å². The number of nitrogens with one attached hydrogen (secondary N) is 1. The minimum Gasteiger partial charge on any atom is -0.462 e. The average molecular weight is 408 g/mol. The normalized spacial score (nSPS) is 18.6. The Labute approximate surface area is 168 Å². The number of nitrogens with zero attached hydrogens (tertiary/aromatic N) is 3. The van der Waals surface area contributed by atoms with E-state index in [4.69, 9.17) is 24.2 Å². The first kappa shape index (κ1) is 19.5. The van der Waals surface area contributed by atoms with Crippen LogP contribution in [0.2, 0.25) is 0 Å². The number of rotatable bonds is 5. The molecule has 1 N–H and O–H groups in total. The summed E-state index contributed by atoms with van der Waals surface area (Å²) in [5.74, 6) is 1.46. The third kappa shape index (κ3) is 3.98. The van der Waals surface area contributed by atoms with Crippen molar-refractivity contribution in [2.75, 3.05) is 64.1 Å². The molecule has 2 aliphatic rings. The first-order valence-electron chi connectivity index (χ1n) is 9.88. The van der Waals surface area contributed by atoms with Crippen molar-refractivity contribution in [3.05, 3.63) is 16.3 Å². The van der Waals surface area contributed by atoms with Crippen LogP contribution in [0.25, 0.3) is 10.2 Å². The number of esters is 1. The van der Waals surface area contributed by atoms with Gasteiger partial charge in [0.05, 0.1) is 38.4 Å². The molecular formula is C19H27N4O4S+. The van der Waals surface area contributed by atoms with Gasteiger partial charge >= 0.3 is 5.97 Å². The Balaban J connectivity index is 1.75. The molecule has 0 unspecified atom stereocenters. The maximum atomic E-state index is 12.4. The van der Waals surface area contributed by atoms with Crippen LogP contribution in [0.4, 0.5) is 5.82 Å². The summed E-state index contributed by atoms with van der Waals surface area (Å²) in [7, 11) is 0. The molecule has 2 fully saturated rings. The minimum absolute atomic E-state index is 0.281. The van der Waals surface area contributed by atoms with E-state index in [9.17, 15) is 4.79 Å². The van der Waals surface area contributed by atoms with Crippen molar-refractivity contribution in [3.63, 3.8) is 0 Å². The van der Waals surface area contributed by atoms with Crippen LogP contribution >= 0.6 is 11.3 Å². The second-order valence-electron chi connectivity index (χ2n) is 7.06. The van der Waals surface area contributed by atoms with Gasteiger partial charge in [-0.2, -0.15) is 0 Å². The number of fused-ring (bicyclic) bond motifs is 1. The summed E-state index contributed by atoms with van der Waals surface area (Å²) in [5.41, 5.74) is 0.908. The largest absolute Gasteiger partial charge is 0.462 e. The van der Waals surface area contributed by atoms with Crippen molar-refractivity contribution in [2.45, 2.75) is 20.4 Å². The summed E-state index contributed by atoms with van der Waals surface area (Å²) in [4.78, 5) is 27.4. The van der Waals surface area contributed by atoms with Gasteiger partial charge in [-0.1, -0.05) is 0 Å². The minimum atomic E-state index is -0.281. The smallest absolute Gasteiger partial charge is 0.348 e. The molecule has 0 saturated carbocycles. The van der Waals surface area contributed by atoms with E-state index in [1.54, 1.807) is 0 Å². The fraction of sp³-hybridized carbons (Fsp3) is 0.632. The monoisotopic (exact) mass is 407 g/mol. The molecule has 4 rings (SSSR count). The van der Waals surface area contributed by atoms with E-state index >= 15 is 0 Å². The highest BCUT2D eigenvalue weighted by molar-refractivity contribution is 7.20. The van der Waals surface area contributed by atoms with E-state index in [0.29, 0.717) is 24.7 Å². The molecule has 2 saturated heterocycles. The van der Waals surface area contributed by atoms with E-state index in [-0.39, 0.29) is 5.97 Å². The van der Waals surface area contributed by atoms with Crippen LogP contribution in [-0.4, -0.2) is 75.2 Å². The molecule has 0 amide bonds. The number of carbonyl (C=O) groups is 1. The third-order valence-corrected chi connectivity index (χ3v) is 6.36. The molecule has 9 heteroatoms. The maximum Gasteiger partial charge on any atom is 0.348 e. The van der Waals surface area contributed by atoms with Crippen LogP contribution in [0.5, 0.6) is 0 Å². The molecule has 0 bridgehead atoms. The molecule has 0 aromatic carbocycles. The lowest BCUT2D eigenvalue weighted by Gasteiger charge is -2.29. The number of quaternary nitrogens is 1. The van der Waals surface area contributed by atoms with Gasteiger partial charge in [-0.3, -0.25) is 0 Å². The predicted octanol–water partition coefficient (Wildman–Crippen LogP) is 0.428. The number of hydrogen-bond donors (Lipinski definition) is 1. The number of morpholine rings is 2. The fourth-order valence-electron chi connectivity index (χ4n) is 3.70. The lowest BCUT2D eigenvalue weighted by Crippen LogP contribution is -3.12. The molecule has 2 aromatic rings. The Hall–Kier alpha value is -1.81. The SMILES string of the molecule is CCOC(=O)c1sc2nc(C[NH+]3CCOCC3)nc(N3CCOCC3)c2c1C. The van der Waals surface area contributed by atoms with E-state index in [1.807, 2.05) is 13.8 Å². The molecule has 152 valence electrons. The standard InChI is InChI=1S/C19H26N4O4S/c1-3-27-19(24)16-13(2)15-17(23-6-10-26-11-7-23)20-14(21-18(15)28-16)12-22-4-8-25-9-5-22/h3-12H2,1-2H3/p+1. The van der Waals surface area contributed by atoms with Crippen LogP contribution in [-0.2, 0) is 20.8 Å². The van der Waals surface area contributed by atoms with Gasteiger partial charge in [0, 0.05) is 13.1 Å². The number of carbonyl (C=O) groups excluding carboxylic acids is 1. The topological polar surface area (TPSA) is 78.2 Å². The molecule has 2 aromatic heterocycles. The van der Waals surface area contributed by atoms with E-state index in [1.165, 1.54) is 16.2 Å². The van der Waals surface area contributed by atoms with E-state index in [2.05, 4.69) is 4.90 Å². The van der Waals surface area contributed by atoms with Crippen LogP contribution in [0.1, 0.15) is 28.0 Å². The van der Waals surface area contributed by atoms with Gasteiger partial charge in [0.25, 0.3) is 0 Å². The lowest BCUT2D eigenvalue weighted by atomic mass is 10.2. The summed E-state index contributed by atoms with van der Waals surface area (Å²) in [6.07, 6.45) is 0. The second-order valence-corrected chi connectivity index (χ2v) is 8.06. The van der Waals surface area contributed by atoms with Crippen molar-refractivity contribution in [1.29, 1.82) is 0 Å². The number of aromatic nitrogens is 2. The fourth-order valence-corrected chi connectivity index (χ4v) is 4.78. The number of anilines is 1. The summed E-state index contributed by atoms with van der Waals surface area (Å²) < 4.78 is 16.2. The average Bonchev–Trinajstić information content (AvgIpc) is 3.06. The molecular weight excluding hydrogens is 380 g/mol. The van der Waals surface area contributed by atoms with Crippen molar-refractivity contribution < 1.29 is 23.9 Å². The zero-order chi connectivity index (χ0) is 19.5. The Morgan fingerprint density at radius 2 is 1.89 bits per heavy atom. The number of hydrogen-bond acceptors (Lipinski definition) is 8. The quantitative estimate of drug-likeness (QED) is 0.720. The molecule has 0 spiro atoms. The predicted molar refractivity (Wildman–Crippen MR) is 106 cm³/mol. The zero-order valence-electron chi connectivity index (χ0n) is 16.5. The van der Waals surface area contributed by atoms with Crippen molar-refractivity contribution >= 4 is 33.3 Å². The third-order valence-electron chi connectivity index (χ3n) is 5.20. The molecule has 0 aliphatic carbocycles. The number of ether oxygens (including phenoxy) is 3. The number of thiophene rings is 1. The van der Waals surface area contributed by atoms with Crippen LogP contribution < -0.4 is 9.80 Å². The zero-order valence-corrected chi connectivity index (χ0v) is 17.3. The van der Waals surface area contributed by atoms with Crippen LogP contribution in [0, 0.1) is 6.92 Å². The first-order chi connectivity index (χ1) is 13.7. The lowest BCUT2D eigenvalue weighted by molar-refractivity contribution is -0.922. The van der Waals surface area contributed by atoms with Gasteiger partial charge < -0.3 is 24.0 Å². The molecule has 28 heavy (non-hydrogen) atoms. The highest BCUT2D eigenvalue weighted by Gasteiger charge is 2.26. The van der Waals surface area contributed by atoms with Crippen LogP contribution in [0.15, 0.2) is 0 Å². The van der Waals surface area contributed by atoms with Crippen molar-refractivity contribution in [3.8, 4) is 0 Å². The Morgan fingerprint density at radius 3 is 2.61 bits per heavy atom. The first-order valence-corrected chi connectivity index (χ1v) is 10.7. The van der Waals surface area contributed by atoms with Gasteiger partial charge in [-0.05, 0) is 19.4 Å². The highest BCUT2D eigenvalue weighted by atomic mass is 32.1. The molecule has 0 radical (unpaired) electrons.